The zero-order valence-corrected chi connectivity index (χ0v) is 18.2. The highest BCUT2D eigenvalue weighted by atomic mass is 35.5. The maximum Gasteiger partial charge on any atom is 0.305 e. The standard InChI is InChI=1S/C21H20ClFN6O3/c1-21(2,3)13(8-14(30)31)25-19-15(23)17(12-5-4-6-32-12)26-20(27-19)16-11-7-10(22)9-24-18(11)29-28-16/h4-7,9,13H,8H2,1-3H3,(H,30,31)(H,24,28,29)(H,25,26,27)/t13-/m1/s1. The molecule has 1 atom stereocenters. The van der Waals surface area contributed by atoms with E-state index in [1.165, 1.54) is 12.5 Å². The van der Waals surface area contributed by atoms with Gasteiger partial charge in [-0.2, -0.15) is 5.10 Å². The van der Waals surface area contributed by atoms with Gasteiger partial charge >= 0.3 is 5.97 Å². The quantitative estimate of drug-likeness (QED) is 0.376. The molecule has 0 aliphatic carbocycles. The number of nitrogens with zero attached hydrogens (tertiary/aromatic N) is 4. The highest BCUT2D eigenvalue weighted by molar-refractivity contribution is 6.31. The van der Waals surface area contributed by atoms with Gasteiger partial charge in [-0.1, -0.05) is 32.4 Å². The normalized spacial score (nSPS) is 12.8. The molecule has 0 spiro atoms. The molecule has 4 heterocycles. The predicted octanol–water partition coefficient (Wildman–Crippen LogP) is 4.77. The Bertz CT molecular complexity index is 1280. The number of anilines is 1. The van der Waals surface area contributed by atoms with Crippen molar-refractivity contribution in [3.05, 3.63) is 41.5 Å². The third-order valence-corrected chi connectivity index (χ3v) is 5.15. The molecule has 166 valence electrons. The van der Waals surface area contributed by atoms with Crippen LogP contribution >= 0.6 is 11.6 Å². The van der Waals surface area contributed by atoms with Gasteiger partial charge in [0.05, 0.1) is 23.1 Å². The smallest absolute Gasteiger partial charge is 0.305 e. The van der Waals surface area contributed by atoms with Crippen LogP contribution in [0.15, 0.2) is 35.1 Å². The van der Waals surface area contributed by atoms with Crippen LogP contribution < -0.4 is 5.32 Å². The van der Waals surface area contributed by atoms with Crippen LogP contribution in [0.25, 0.3) is 34.0 Å². The number of aromatic nitrogens is 5. The summed E-state index contributed by atoms with van der Waals surface area (Å²) in [7, 11) is 0. The summed E-state index contributed by atoms with van der Waals surface area (Å²) in [5.41, 5.74) is 0.197. The number of H-pyrrole nitrogens is 1. The number of carboxylic acids is 1. The van der Waals surface area contributed by atoms with Crippen LogP contribution in [0.3, 0.4) is 0 Å². The summed E-state index contributed by atoms with van der Waals surface area (Å²) in [6.45, 7) is 5.57. The maximum absolute atomic E-state index is 15.5. The number of nitrogens with one attached hydrogen (secondary N) is 2. The summed E-state index contributed by atoms with van der Waals surface area (Å²) in [4.78, 5) is 24.3. The van der Waals surface area contributed by atoms with E-state index in [4.69, 9.17) is 16.0 Å². The number of hydrogen-bond donors (Lipinski definition) is 3. The number of carboxylic acid groups (broad SMARTS) is 1. The largest absolute Gasteiger partial charge is 0.481 e. The zero-order valence-electron chi connectivity index (χ0n) is 17.5. The Morgan fingerprint density at radius 3 is 2.81 bits per heavy atom. The Hall–Kier alpha value is -3.53. The van der Waals surface area contributed by atoms with Crippen molar-refractivity contribution in [1.82, 2.24) is 25.1 Å². The number of aliphatic carboxylic acids is 1. The molecule has 4 aromatic rings. The van der Waals surface area contributed by atoms with Gasteiger partial charge in [0, 0.05) is 12.2 Å². The van der Waals surface area contributed by atoms with E-state index in [0.717, 1.165) is 0 Å². The third-order valence-electron chi connectivity index (χ3n) is 4.94. The molecule has 4 aromatic heterocycles. The third kappa shape index (κ3) is 4.26. The van der Waals surface area contributed by atoms with Gasteiger partial charge in [-0.25, -0.2) is 19.3 Å². The van der Waals surface area contributed by atoms with Gasteiger partial charge in [-0.15, -0.1) is 0 Å². The van der Waals surface area contributed by atoms with E-state index < -0.39 is 23.2 Å². The zero-order chi connectivity index (χ0) is 23.0. The van der Waals surface area contributed by atoms with Crippen LogP contribution in [-0.4, -0.2) is 42.3 Å². The fourth-order valence-corrected chi connectivity index (χ4v) is 3.35. The lowest BCUT2D eigenvalue weighted by atomic mass is 9.84. The Morgan fingerprint density at radius 1 is 1.38 bits per heavy atom. The summed E-state index contributed by atoms with van der Waals surface area (Å²) in [6, 6.07) is 4.22. The molecule has 9 nitrogen and oxygen atoms in total. The molecule has 0 saturated heterocycles. The highest BCUT2D eigenvalue weighted by Crippen LogP contribution is 2.33. The molecular weight excluding hydrogens is 439 g/mol. The minimum atomic E-state index is -1.02. The second kappa shape index (κ2) is 8.19. The molecule has 0 bridgehead atoms. The van der Waals surface area contributed by atoms with Crippen molar-refractivity contribution < 1.29 is 18.7 Å². The first-order valence-electron chi connectivity index (χ1n) is 9.73. The van der Waals surface area contributed by atoms with Crippen molar-refractivity contribution in [2.75, 3.05) is 5.32 Å². The first kappa shape index (κ1) is 21.7. The lowest BCUT2D eigenvalue weighted by molar-refractivity contribution is -0.137. The molecule has 3 N–H and O–H groups in total. The topological polar surface area (TPSA) is 130 Å². The van der Waals surface area contributed by atoms with Crippen molar-refractivity contribution >= 4 is 34.4 Å². The van der Waals surface area contributed by atoms with Gasteiger partial charge in [0.25, 0.3) is 0 Å². The van der Waals surface area contributed by atoms with Crippen LogP contribution in [0.5, 0.6) is 0 Å². The SMILES string of the molecule is CC(C)(C)[C@@H](CC(=O)O)Nc1nc(-c2[nH]nc3ncc(Cl)cc23)nc(-c2ccco2)c1F. The molecule has 0 unspecified atom stereocenters. The van der Waals surface area contributed by atoms with E-state index in [2.05, 4.69) is 30.5 Å². The molecule has 4 rings (SSSR count). The molecular formula is C21H20ClFN6O3. The first-order chi connectivity index (χ1) is 15.1. The van der Waals surface area contributed by atoms with Crippen molar-refractivity contribution in [2.24, 2.45) is 5.41 Å². The second-order valence-electron chi connectivity index (χ2n) is 8.32. The lowest BCUT2D eigenvalue weighted by Gasteiger charge is -2.31. The number of carbonyl (C=O) groups is 1. The predicted molar refractivity (Wildman–Crippen MR) is 117 cm³/mol. The average molecular weight is 459 g/mol. The van der Waals surface area contributed by atoms with Gasteiger partial charge in [-0.3, -0.25) is 9.89 Å². The number of aromatic amines is 1. The highest BCUT2D eigenvalue weighted by Gasteiger charge is 2.30. The maximum atomic E-state index is 15.5. The molecule has 32 heavy (non-hydrogen) atoms. The molecule has 0 fully saturated rings. The number of halogens is 2. The van der Waals surface area contributed by atoms with Crippen molar-refractivity contribution in [3.8, 4) is 23.0 Å². The first-order valence-corrected chi connectivity index (χ1v) is 10.1. The fraction of sp³-hybridized carbons (Fsp3) is 0.286. The van der Waals surface area contributed by atoms with E-state index in [0.29, 0.717) is 21.7 Å². The number of hydrogen-bond acceptors (Lipinski definition) is 7. The van der Waals surface area contributed by atoms with Crippen LogP contribution in [0, 0.1) is 11.2 Å². The van der Waals surface area contributed by atoms with E-state index in [1.807, 2.05) is 20.8 Å². The molecule has 0 aliphatic heterocycles. The summed E-state index contributed by atoms with van der Waals surface area (Å²) in [5, 5.41) is 20.2. The Morgan fingerprint density at radius 2 is 2.16 bits per heavy atom. The number of furan rings is 1. The molecule has 0 saturated carbocycles. The van der Waals surface area contributed by atoms with E-state index in [1.54, 1.807) is 18.2 Å². The number of rotatable bonds is 6. The summed E-state index contributed by atoms with van der Waals surface area (Å²) < 4.78 is 20.8. The molecule has 0 aliphatic rings. The van der Waals surface area contributed by atoms with Gasteiger partial charge in [0.2, 0.25) is 0 Å². The van der Waals surface area contributed by atoms with E-state index in [9.17, 15) is 9.90 Å². The van der Waals surface area contributed by atoms with Crippen molar-refractivity contribution in [3.63, 3.8) is 0 Å². The summed E-state index contributed by atoms with van der Waals surface area (Å²) >= 11 is 6.08. The second-order valence-corrected chi connectivity index (χ2v) is 8.76. The van der Waals surface area contributed by atoms with Gasteiger partial charge < -0.3 is 14.8 Å². The minimum absolute atomic E-state index is 0.0804. The molecule has 0 amide bonds. The van der Waals surface area contributed by atoms with Crippen molar-refractivity contribution in [1.29, 1.82) is 0 Å². The van der Waals surface area contributed by atoms with Crippen LogP contribution in [0.2, 0.25) is 5.02 Å². The monoisotopic (exact) mass is 458 g/mol. The van der Waals surface area contributed by atoms with E-state index >= 15 is 4.39 Å². The average Bonchev–Trinajstić information content (AvgIpc) is 3.37. The minimum Gasteiger partial charge on any atom is -0.481 e. The Labute approximate surface area is 187 Å². The Kier molecular flexibility index (Phi) is 5.55. The lowest BCUT2D eigenvalue weighted by Crippen LogP contribution is -2.36. The van der Waals surface area contributed by atoms with Crippen LogP contribution in [0.1, 0.15) is 27.2 Å². The van der Waals surface area contributed by atoms with Crippen LogP contribution in [0.4, 0.5) is 10.2 Å². The molecule has 11 heteroatoms. The van der Waals surface area contributed by atoms with Crippen molar-refractivity contribution in [2.45, 2.75) is 33.2 Å². The Balaban J connectivity index is 1.89. The van der Waals surface area contributed by atoms with Gasteiger partial charge in [0.1, 0.15) is 11.4 Å². The van der Waals surface area contributed by atoms with Gasteiger partial charge in [0.15, 0.2) is 28.9 Å². The number of pyridine rings is 1. The van der Waals surface area contributed by atoms with Crippen LogP contribution in [-0.2, 0) is 4.79 Å². The fourth-order valence-electron chi connectivity index (χ4n) is 3.19. The number of fused-ring (bicyclic) bond motifs is 1. The van der Waals surface area contributed by atoms with E-state index in [-0.39, 0.29) is 29.5 Å². The van der Waals surface area contributed by atoms with Gasteiger partial charge in [-0.05, 0) is 23.6 Å². The molecule has 0 radical (unpaired) electrons. The molecule has 0 aromatic carbocycles. The summed E-state index contributed by atoms with van der Waals surface area (Å²) in [6.07, 6.45) is 2.63. The summed E-state index contributed by atoms with van der Waals surface area (Å²) in [5.74, 6) is -1.61.